The smallest absolute Gasteiger partial charge is 0.318 e. The van der Waals surface area contributed by atoms with Crippen molar-refractivity contribution in [1.29, 1.82) is 0 Å². The molecule has 0 aromatic heterocycles. The Morgan fingerprint density at radius 1 is 1.38 bits per heavy atom. The van der Waals surface area contributed by atoms with E-state index in [4.69, 9.17) is 5.73 Å². The van der Waals surface area contributed by atoms with Crippen LogP contribution in [0.3, 0.4) is 0 Å². The van der Waals surface area contributed by atoms with E-state index in [0.717, 1.165) is 0 Å². The lowest BCUT2D eigenvalue weighted by atomic mass is 10.1. The Morgan fingerprint density at radius 3 is 2.56 bits per heavy atom. The van der Waals surface area contributed by atoms with Crippen LogP contribution in [0.2, 0.25) is 0 Å². The van der Waals surface area contributed by atoms with Gasteiger partial charge in [0.05, 0.1) is 11.3 Å². The van der Waals surface area contributed by atoms with Crippen LogP contribution in [0.1, 0.15) is 5.56 Å². The molecule has 0 saturated heterocycles. The predicted octanol–water partition coefficient (Wildman–Crippen LogP) is 0.332. The van der Waals surface area contributed by atoms with Crippen molar-refractivity contribution in [2.45, 2.75) is 6.42 Å². The van der Waals surface area contributed by atoms with Gasteiger partial charge in [-0.2, -0.15) is 0 Å². The largest absolute Gasteiger partial charge is 0.351 e. The van der Waals surface area contributed by atoms with E-state index >= 15 is 0 Å². The van der Waals surface area contributed by atoms with Gasteiger partial charge in [-0.25, -0.2) is 4.79 Å². The fourth-order valence-electron chi connectivity index (χ4n) is 1.19. The van der Waals surface area contributed by atoms with Gasteiger partial charge in [0.25, 0.3) is 5.69 Å². The van der Waals surface area contributed by atoms with E-state index in [1.807, 2.05) is 5.32 Å². The highest BCUT2D eigenvalue weighted by molar-refractivity contribution is 5.94. The number of nitrogens with one attached hydrogen (secondary N) is 1. The average Bonchev–Trinajstić information content (AvgIpc) is 2.16. The molecule has 84 valence electrons. The van der Waals surface area contributed by atoms with Crippen molar-refractivity contribution >= 4 is 17.6 Å². The average molecular weight is 223 g/mol. The molecule has 0 heterocycles. The van der Waals surface area contributed by atoms with E-state index in [9.17, 15) is 19.7 Å². The van der Waals surface area contributed by atoms with Crippen molar-refractivity contribution in [3.05, 3.63) is 39.9 Å². The SMILES string of the molecule is NC(=O)NC(=O)Cc1ccccc1[N+](=O)[O-]. The van der Waals surface area contributed by atoms with Crippen LogP contribution in [0.15, 0.2) is 24.3 Å². The Bertz CT molecular complexity index is 444. The van der Waals surface area contributed by atoms with E-state index < -0.39 is 16.9 Å². The van der Waals surface area contributed by atoms with E-state index in [0.29, 0.717) is 0 Å². The molecule has 1 aromatic carbocycles. The minimum absolute atomic E-state index is 0.165. The van der Waals surface area contributed by atoms with Gasteiger partial charge < -0.3 is 5.73 Å². The molecular weight excluding hydrogens is 214 g/mol. The molecule has 16 heavy (non-hydrogen) atoms. The number of carbonyl (C=O) groups excluding carboxylic acids is 2. The monoisotopic (exact) mass is 223 g/mol. The van der Waals surface area contributed by atoms with Crippen LogP contribution < -0.4 is 11.1 Å². The molecule has 7 heteroatoms. The van der Waals surface area contributed by atoms with Crippen LogP contribution >= 0.6 is 0 Å². The Morgan fingerprint density at radius 2 is 2.00 bits per heavy atom. The number of imide groups is 1. The zero-order chi connectivity index (χ0) is 12.1. The molecule has 7 nitrogen and oxygen atoms in total. The molecule has 1 rings (SSSR count). The second-order valence-electron chi connectivity index (χ2n) is 2.98. The molecule has 0 aliphatic heterocycles. The maximum Gasteiger partial charge on any atom is 0.318 e. The molecule has 1 aromatic rings. The number of hydrogen-bond donors (Lipinski definition) is 2. The molecular formula is C9H9N3O4. The van der Waals surface area contributed by atoms with E-state index in [1.165, 1.54) is 18.2 Å². The first-order chi connectivity index (χ1) is 7.50. The molecule has 0 fully saturated rings. The third-order valence-corrected chi connectivity index (χ3v) is 1.80. The number of hydrogen-bond acceptors (Lipinski definition) is 4. The Hall–Kier alpha value is -2.44. The highest BCUT2D eigenvalue weighted by Crippen LogP contribution is 2.17. The second kappa shape index (κ2) is 4.87. The van der Waals surface area contributed by atoms with Crippen LogP contribution in [0.4, 0.5) is 10.5 Å². The van der Waals surface area contributed by atoms with E-state index in [-0.39, 0.29) is 17.7 Å². The highest BCUT2D eigenvalue weighted by atomic mass is 16.6. The lowest BCUT2D eigenvalue weighted by molar-refractivity contribution is -0.385. The lowest BCUT2D eigenvalue weighted by Crippen LogP contribution is -2.36. The standard InChI is InChI=1S/C9H9N3O4/c10-9(14)11-8(13)5-6-3-1-2-4-7(6)12(15)16/h1-4H,5H2,(H3,10,11,13,14). The molecule has 0 unspecified atom stereocenters. The van der Waals surface area contributed by atoms with Crippen molar-refractivity contribution < 1.29 is 14.5 Å². The van der Waals surface area contributed by atoms with Gasteiger partial charge in [0.15, 0.2) is 0 Å². The number of rotatable bonds is 3. The maximum absolute atomic E-state index is 11.2. The molecule has 0 radical (unpaired) electrons. The molecule has 3 N–H and O–H groups in total. The molecule has 0 aliphatic rings. The van der Waals surface area contributed by atoms with Gasteiger partial charge in [-0.1, -0.05) is 18.2 Å². The summed E-state index contributed by atoms with van der Waals surface area (Å²) >= 11 is 0. The number of nitrogens with zero attached hydrogens (tertiary/aromatic N) is 1. The third kappa shape index (κ3) is 3.05. The fraction of sp³-hybridized carbons (Fsp3) is 0.111. The van der Waals surface area contributed by atoms with Gasteiger partial charge in [0.2, 0.25) is 5.91 Å². The summed E-state index contributed by atoms with van der Waals surface area (Å²) in [6.45, 7) is 0. The lowest BCUT2D eigenvalue weighted by Gasteiger charge is -2.02. The summed E-state index contributed by atoms with van der Waals surface area (Å²) in [6, 6.07) is 4.81. The predicted molar refractivity (Wildman–Crippen MR) is 54.5 cm³/mol. The number of nitrogens with two attached hydrogens (primary N) is 1. The summed E-state index contributed by atoms with van der Waals surface area (Å²) in [5, 5.41) is 12.4. The van der Waals surface area contributed by atoms with Crippen molar-refractivity contribution in [3.8, 4) is 0 Å². The minimum Gasteiger partial charge on any atom is -0.351 e. The van der Waals surface area contributed by atoms with Gasteiger partial charge >= 0.3 is 6.03 Å². The van der Waals surface area contributed by atoms with Gasteiger partial charge in [-0.05, 0) is 0 Å². The molecule has 0 spiro atoms. The normalized spacial score (nSPS) is 9.50. The van der Waals surface area contributed by atoms with E-state index in [1.54, 1.807) is 6.07 Å². The molecule has 0 bridgehead atoms. The fourth-order valence-corrected chi connectivity index (χ4v) is 1.19. The maximum atomic E-state index is 11.2. The topological polar surface area (TPSA) is 115 Å². The number of para-hydroxylation sites is 1. The molecule has 3 amide bonds. The Kier molecular flexibility index (Phi) is 3.54. The zero-order valence-electron chi connectivity index (χ0n) is 8.17. The van der Waals surface area contributed by atoms with Crippen LogP contribution in [-0.4, -0.2) is 16.9 Å². The van der Waals surface area contributed by atoms with Crippen LogP contribution in [0.25, 0.3) is 0 Å². The molecule has 0 atom stereocenters. The first kappa shape index (κ1) is 11.6. The van der Waals surface area contributed by atoms with Gasteiger partial charge in [-0.15, -0.1) is 0 Å². The van der Waals surface area contributed by atoms with Gasteiger partial charge in [-0.3, -0.25) is 20.2 Å². The Balaban J connectivity index is 2.84. The summed E-state index contributed by atoms with van der Waals surface area (Å²) in [7, 11) is 0. The minimum atomic E-state index is -0.983. The Labute approximate surface area is 90.4 Å². The van der Waals surface area contributed by atoms with Crippen molar-refractivity contribution in [1.82, 2.24) is 5.32 Å². The number of amides is 3. The van der Waals surface area contributed by atoms with Crippen LogP contribution in [-0.2, 0) is 11.2 Å². The third-order valence-electron chi connectivity index (χ3n) is 1.80. The van der Waals surface area contributed by atoms with Crippen molar-refractivity contribution in [2.75, 3.05) is 0 Å². The number of primary amides is 1. The summed E-state index contributed by atoms with van der Waals surface area (Å²) in [4.78, 5) is 31.6. The van der Waals surface area contributed by atoms with Crippen molar-refractivity contribution in [3.63, 3.8) is 0 Å². The van der Waals surface area contributed by atoms with E-state index in [2.05, 4.69) is 0 Å². The first-order valence-electron chi connectivity index (χ1n) is 4.32. The molecule has 0 saturated carbocycles. The molecule has 0 aliphatic carbocycles. The number of nitro groups is 1. The number of nitro benzene ring substituents is 1. The summed E-state index contributed by atoms with van der Waals surface area (Å²) in [5.74, 6) is -0.679. The summed E-state index contributed by atoms with van der Waals surface area (Å²) in [6.07, 6.45) is -0.264. The van der Waals surface area contributed by atoms with Gasteiger partial charge in [0, 0.05) is 11.6 Å². The van der Waals surface area contributed by atoms with Crippen molar-refractivity contribution in [2.24, 2.45) is 5.73 Å². The number of benzene rings is 1. The zero-order valence-corrected chi connectivity index (χ0v) is 8.17. The van der Waals surface area contributed by atoms with Crippen LogP contribution in [0.5, 0.6) is 0 Å². The number of carbonyl (C=O) groups is 2. The second-order valence-corrected chi connectivity index (χ2v) is 2.98. The van der Waals surface area contributed by atoms with Crippen LogP contribution in [0, 0.1) is 10.1 Å². The quantitative estimate of drug-likeness (QED) is 0.567. The summed E-state index contributed by atoms with van der Waals surface area (Å²) < 4.78 is 0. The highest BCUT2D eigenvalue weighted by Gasteiger charge is 2.15. The summed E-state index contributed by atoms with van der Waals surface area (Å²) in [5.41, 5.74) is 4.80. The van der Waals surface area contributed by atoms with Gasteiger partial charge in [0.1, 0.15) is 0 Å². The number of urea groups is 1. The first-order valence-corrected chi connectivity index (χ1v) is 4.32.